The van der Waals surface area contributed by atoms with Crippen molar-refractivity contribution in [3.63, 3.8) is 0 Å². The topological polar surface area (TPSA) is 56.3 Å². The van der Waals surface area contributed by atoms with Gasteiger partial charge in [0, 0.05) is 11.8 Å². The van der Waals surface area contributed by atoms with Crippen molar-refractivity contribution >= 4 is 0 Å². The van der Waals surface area contributed by atoms with Gasteiger partial charge in [0.05, 0.1) is 13.2 Å². The van der Waals surface area contributed by atoms with E-state index in [2.05, 4.69) is 22.2 Å². The Kier molecular flexibility index (Phi) is 6.05. The van der Waals surface area contributed by atoms with E-state index in [1.807, 2.05) is 13.0 Å². The first-order chi connectivity index (χ1) is 9.78. The van der Waals surface area contributed by atoms with Crippen LogP contribution in [0.4, 0.5) is 0 Å². The average Bonchev–Trinajstić information content (AvgIpc) is 2.46. The summed E-state index contributed by atoms with van der Waals surface area (Å²) in [6, 6.07) is 2.27. The Morgan fingerprint density at radius 2 is 2.20 bits per heavy atom. The maximum Gasteiger partial charge on any atom is 0.319 e. The number of aromatic nitrogens is 2. The van der Waals surface area contributed by atoms with Crippen LogP contribution in [-0.4, -0.2) is 36.3 Å². The summed E-state index contributed by atoms with van der Waals surface area (Å²) in [6.45, 7) is 7.59. The monoisotopic (exact) mass is 279 g/mol. The SMILES string of the molecule is CCCOc1cc(C)nc(OCCC2CCCNC2)n1. The molecule has 5 heteroatoms. The lowest BCUT2D eigenvalue weighted by molar-refractivity contribution is 0.233. The molecule has 2 rings (SSSR count). The third-order valence-electron chi connectivity index (χ3n) is 3.42. The Hall–Kier alpha value is -1.36. The van der Waals surface area contributed by atoms with Crippen LogP contribution in [0, 0.1) is 12.8 Å². The molecule has 1 fully saturated rings. The Balaban J connectivity index is 1.80. The van der Waals surface area contributed by atoms with Crippen LogP contribution in [0.25, 0.3) is 0 Å². The van der Waals surface area contributed by atoms with Crippen LogP contribution in [0.3, 0.4) is 0 Å². The lowest BCUT2D eigenvalue weighted by Gasteiger charge is -2.22. The van der Waals surface area contributed by atoms with Gasteiger partial charge in [-0.2, -0.15) is 4.98 Å². The molecule has 1 saturated heterocycles. The molecule has 0 amide bonds. The first-order valence-electron chi connectivity index (χ1n) is 7.60. The minimum Gasteiger partial charge on any atom is -0.478 e. The molecule has 1 atom stereocenters. The molecule has 0 saturated carbocycles. The molecule has 0 aromatic carbocycles. The summed E-state index contributed by atoms with van der Waals surface area (Å²) in [5, 5.41) is 3.42. The van der Waals surface area contributed by atoms with Crippen molar-refractivity contribution in [3.8, 4) is 11.9 Å². The van der Waals surface area contributed by atoms with Gasteiger partial charge in [-0.3, -0.25) is 0 Å². The summed E-state index contributed by atoms with van der Waals surface area (Å²) >= 11 is 0. The van der Waals surface area contributed by atoms with Crippen LogP contribution < -0.4 is 14.8 Å². The molecule has 0 aliphatic carbocycles. The van der Waals surface area contributed by atoms with Gasteiger partial charge in [-0.25, -0.2) is 4.98 Å². The van der Waals surface area contributed by atoms with E-state index in [1.54, 1.807) is 0 Å². The van der Waals surface area contributed by atoms with Crippen molar-refractivity contribution in [1.29, 1.82) is 0 Å². The fourth-order valence-corrected chi connectivity index (χ4v) is 2.35. The molecule has 0 spiro atoms. The molecule has 112 valence electrons. The smallest absolute Gasteiger partial charge is 0.319 e. The van der Waals surface area contributed by atoms with Gasteiger partial charge in [-0.05, 0) is 51.6 Å². The molecule has 1 unspecified atom stereocenters. The predicted octanol–water partition coefficient (Wildman–Crippen LogP) is 2.34. The van der Waals surface area contributed by atoms with E-state index < -0.39 is 0 Å². The third-order valence-corrected chi connectivity index (χ3v) is 3.42. The Labute approximate surface area is 121 Å². The minimum atomic E-state index is 0.430. The van der Waals surface area contributed by atoms with Crippen LogP contribution in [0.5, 0.6) is 11.9 Å². The summed E-state index contributed by atoms with van der Waals surface area (Å²) in [5.74, 6) is 1.32. The number of hydrogen-bond donors (Lipinski definition) is 1. The van der Waals surface area contributed by atoms with E-state index in [4.69, 9.17) is 9.47 Å². The van der Waals surface area contributed by atoms with Crippen LogP contribution in [0.15, 0.2) is 6.07 Å². The fourth-order valence-electron chi connectivity index (χ4n) is 2.35. The highest BCUT2D eigenvalue weighted by molar-refractivity contribution is 5.17. The van der Waals surface area contributed by atoms with Crippen molar-refractivity contribution in [2.45, 2.75) is 39.5 Å². The molecule has 5 nitrogen and oxygen atoms in total. The second-order valence-electron chi connectivity index (χ2n) is 5.33. The molecule has 1 aromatic rings. The maximum atomic E-state index is 5.68. The van der Waals surface area contributed by atoms with Gasteiger partial charge < -0.3 is 14.8 Å². The van der Waals surface area contributed by atoms with Crippen LogP contribution in [0.1, 0.15) is 38.3 Å². The van der Waals surface area contributed by atoms with Crippen molar-refractivity contribution < 1.29 is 9.47 Å². The van der Waals surface area contributed by atoms with Crippen LogP contribution in [0.2, 0.25) is 0 Å². The average molecular weight is 279 g/mol. The van der Waals surface area contributed by atoms with Crippen LogP contribution in [-0.2, 0) is 0 Å². The Bertz CT molecular complexity index is 406. The quantitative estimate of drug-likeness (QED) is 0.830. The van der Waals surface area contributed by atoms with E-state index in [-0.39, 0.29) is 0 Å². The summed E-state index contributed by atoms with van der Waals surface area (Å²) in [6.07, 6.45) is 4.57. The van der Waals surface area contributed by atoms with Crippen LogP contribution >= 0.6 is 0 Å². The Morgan fingerprint density at radius 3 is 2.95 bits per heavy atom. The second-order valence-corrected chi connectivity index (χ2v) is 5.33. The number of hydrogen-bond acceptors (Lipinski definition) is 5. The van der Waals surface area contributed by atoms with Gasteiger partial charge in [-0.1, -0.05) is 6.92 Å². The van der Waals surface area contributed by atoms with Gasteiger partial charge in [0.15, 0.2) is 0 Å². The van der Waals surface area contributed by atoms with Gasteiger partial charge in [0.1, 0.15) is 0 Å². The summed E-state index contributed by atoms with van der Waals surface area (Å²) in [7, 11) is 0. The molecule has 1 aliphatic heterocycles. The Morgan fingerprint density at radius 1 is 1.30 bits per heavy atom. The highest BCUT2D eigenvalue weighted by atomic mass is 16.5. The van der Waals surface area contributed by atoms with Gasteiger partial charge in [-0.15, -0.1) is 0 Å². The number of rotatable bonds is 7. The first kappa shape index (κ1) is 15.0. The number of ether oxygens (including phenoxy) is 2. The number of nitrogens with zero attached hydrogens (tertiary/aromatic N) is 2. The molecule has 1 aliphatic rings. The second kappa shape index (κ2) is 8.04. The third kappa shape index (κ3) is 4.96. The minimum absolute atomic E-state index is 0.430. The van der Waals surface area contributed by atoms with Crippen molar-refractivity contribution in [1.82, 2.24) is 15.3 Å². The first-order valence-corrected chi connectivity index (χ1v) is 7.60. The molecule has 0 bridgehead atoms. The van der Waals surface area contributed by atoms with Gasteiger partial charge in [0.2, 0.25) is 5.88 Å². The molecule has 1 N–H and O–H groups in total. The largest absolute Gasteiger partial charge is 0.478 e. The lowest BCUT2D eigenvalue weighted by Crippen LogP contribution is -2.30. The molecular formula is C15H25N3O2. The zero-order chi connectivity index (χ0) is 14.2. The van der Waals surface area contributed by atoms with E-state index in [0.29, 0.717) is 31.0 Å². The van der Waals surface area contributed by atoms with Gasteiger partial charge >= 0.3 is 6.01 Å². The van der Waals surface area contributed by atoms with E-state index in [1.165, 1.54) is 12.8 Å². The summed E-state index contributed by atoms with van der Waals surface area (Å²) in [4.78, 5) is 8.58. The summed E-state index contributed by atoms with van der Waals surface area (Å²) in [5.41, 5.74) is 0.875. The molecule has 0 radical (unpaired) electrons. The normalized spacial score (nSPS) is 18.8. The van der Waals surface area contributed by atoms with Gasteiger partial charge in [0.25, 0.3) is 0 Å². The molecule has 1 aromatic heterocycles. The van der Waals surface area contributed by atoms with E-state index in [0.717, 1.165) is 31.6 Å². The number of aryl methyl sites for hydroxylation is 1. The number of nitrogens with one attached hydrogen (secondary N) is 1. The van der Waals surface area contributed by atoms with Crippen molar-refractivity contribution in [2.75, 3.05) is 26.3 Å². The highest BCUT2D eigenvalue weighted by Crippen LogP contribution is 2.16. The highest BCUT2D eigenvalue weighted by Gasteiger charge is 2.13. The molecule has 20 heavy (non-hydrogen) atoms. The fraction of sp³-hybridized carbons (Fsp3) is 0.733. The molecular weight excluding hydrogens is 254 g/mol. The molecule has 2 heterocycles. The zero-order valence-corrected chi connectivity index (χ0v) is 12.5. The maximum absolute atomic E-state index is 5.68. The predicted molar refractivity (Wildman–Crippen MR) is 78.3 cm³/mol. The van der Waals surface area contributed by atoms with Crippen molar-refractivity contribution in [2.24, 2.45) is 5.92 Å². The number of piperidine rings is 1. The van der Waals surface area contributed by atoms with E-state index in [9.17, 15) is 0 Å². The zero-order valence-electron chi connectivity index (χ0n) is 12.5. The lowest BCUT2D eigenvalue weighted by atomic mass is 9.97. The standard InChI is InChI=1S/C15H25N3O2/c1-3-8-19-14-10-12(2)17-15(18-14)20-9-6-13-5-4-7-16-11-13/h10,13,16H,3-9,11H2,1-2H3. The van der Waals surface area contributed by atoms with E-state index >= 15 is 0 Å². The summed E-state index contributed by atoms with van der Waals surface area (Å²) < 4.78 is 11.2. The van der Waals surface area contributed by atoms with Crippen molar-refractivity contribution in [3.05, 3.63) is 11.8 Å².